The molecule has 4 nitrogen and oxygen atoms in total. The molecule has 0 spiro atoms. The quantitative estimate of drug-likeness (QED) is 0.813. The van der Waals surface area contributed by atoms with Crippen molar-refractivity contribution >= 4 is 0 Å². The number of nitrogens with zero attached hydrogens (tertiary/aromatic N) is 2. The van der Waals surface area contributed by atoms with E-state index in [9.17, 15) is 0 Å². The molecule has 0 aromatic heterocycles. The van der Waals surface area contributed by atoms with E-state index in [-0.39, 0.29) is 5.54 Å². The minimum absolute atomic E-state index is 0.215. The summed E-state index contributed by atoms with van der Waals surface area (Å²) in [6.45, 7) is 10.6. The van der Waals surface area contributed by atoms with Gasteiger partial charge in [-0.3, -0.25) is 4.90 Å². The minimum Gasteiger partial charge on any atom is -0.374 e. The van der Waals surface area contributed by atoms with Gasteiger partial charge in [0.25, 0.3) is 0 Å². The number of hydrogen-bond acceptors (Lipinski definition) is 4. The minimum atomic E-state index is 0.215. The van der Waals surface area contributed by atoms with Crippen LogP contribution in [0.4, 0.5) is 0 Å². The highest BCUT2D eigenvalue weighted by Crippen LogP contribution is 2.36. The van der Waals surface area contributed by atoms with E-state index in [1.54, 1.807) is 0 Å². The summed E-state index contributed by atoms with van der Waals surface area (Å²) in [7, 11) is 2.20. The Balaban J connectivity index is 2.04. The van der Waals surface area contributed by atoms with Crippen molar-refractivity contribution in [3.05, 3.63) is 0 Å². The van der Waals surface area contributed by atoms with Crippen LogP contribution in [0.15, 0.2) is 0 Å². The van der Waals surface area contributed by atoms with E-state index in [2.05, 4.69) is 30.7 Å². The molecule has 1 aliphatic heterocycles. The molecule has 0 bridgehead atoms. The Morgan fingerprint density at radius 2 is 2.24 bits per heavy atom. The second-order valence-electron chi connectivity index (χ2n) is 7.33. The predicted molar refractivity (Wildman–Crippen MR) is 88.5 cm³/mol. The maximum atomic E-state index is 6.27. The lowest BCUT2D eigenvalue weighted by molar-refractivity contribution is -0.0624. The van der Waals surface area contributed by atoms with Gasteiger partial charge in [-0.25, -0.2) is 0 Å². The first-order chi connectivity index (χ1) is 10.1. The molecule has 3 atom stereocenters. The lowest BCUT2D eigenvalue weighted by Gasteiger charge is -2.49. The molecule has 2 rings (SSSR count). The zero-order valence-corrected chi connectivity index (χ0v) is 14.3. The van der Waals surface area contributed by atoms with Crippen LogP contribution in [0.3, 0.4) is 0 Å². The molecule has 2 aliphatic rings. The standard InChI is InChI=1S/C17H35N3O/c1-4-8-20(13-16-12-19(3)9-10-21-16)17(14-18)7-5-6-15(2)11-17/h15-16H,4-14,18H2,1-3H3. The Kier molecular flexibility index (Phi) is 6.48. The second-order valence-corrected chi connectivity index (χ2v) is 7.33. The molecule has 0 amide bonds. The maximum absolute atomic E-state index is 6.27. The van der Waals surface area contributed by atoms with Gasteiger partial charge >= 0.3 is 0 Å². The van der Waals surface area contributed by atoms with Gasteiger partial charge in [0.2, 0.25) is 0 Å². The SMILES string of the molecule is CCCN(CC1CN(C)CCO1)C1(CN)CCCC(C)C1. The lowest BCUT2D eigenvalue weighted by atomic mass is 9.75. The summed E-state index contributed by atoms with van der Waals surface area (Å²) in [5, 5.41) is 0. The maximum Gasteiger partial charge on any atom is 0.0829 e. The van der Waals surface area contributed by atoms with Crippen LogP contribution in [0.25, 0.3) is 0 Å². The normalized spacial score (nSPS) is 35.3. The molecule has 2 N–H and O–H groups in total. The van der Waals surface area contributed by atoms with Gasteiger partial charge in [-0.05, 0) is 38.8 Å². The van der Waals surface area contributed by atoms with Crippen LogP contribution in [-0.4, -0.2) is 67.8 Å². The molecule has 2 fully saturated rings. The van der Waals surface area contributed by atoms with Gasteiger partial charge in [0.15, 0.2) is 0 Å². The molecule has 1 saturated carbocycles. The number of ether oxygens (including phenoxy) is 1. The predicted octanol–water partition coefficient (Wildman–Crippen LogP) is 1.94. The molecule has 1 aliphatic carbocycles. The van der Waals surface area contributed by atoms with Gasteiger partial charge in [-0.1, -0.05) is 26.7 Å². The molecule has 1 heterocycles. The van der Waals surface area contributed by atoms with Crippen molar-refractivity contribution in [2.75, 3.05) is 46.4 Å². The Morgan fingerprint density at radius 1 is 1.43 bits per heavy atom. The summed E-state index contributed by atoms with van der Waals surface area (Å²) in [6.07, 6.45) is 6.74. The van der Waals surface area contributed by atoms with E-state index in [1.165, 1.54) is 32.1 Å². The van der Waals surface area contributed by atoms with Crippen LogP contribution in [-0.2, 0) is 4.74 Å². The first-order valence-corrected chi connectivity index (χ1v) is 8.85. The zero-order valence-electron chi connectivity index (χ0n) is 14.3. The average Bonchev–Trinajstić information content (AvgIpc) is 2.47. The first-order valence-electron chi connectivity index (χ1n) is 8.85. The number of hydrogen-bond donors (Lipinski definition) is 1. The molecule has 124 valence electrons. The van der Waals surface area contributed by atoms with E-state index in [0.717, 1.165) is 45.2 Å². The molecule has 21 heavy (non-hydrogen) atoms. The first kappa shape index (κ1) is 17.2. The molecular weight excluding hydrogens is 262 g/mol. The fraction of sp³-hybridized carbons (Fsp3) is 1.00. The van der Waals surface area contributed by atoms with Gasteiger partial charge < -0.3 is 15.4 Å². The smallest absolute Gasteiger partial charge is 0.0829 e. The summed E-state index contributed by atoms with van der Waals surface area (Å²) >= 11 is 0. The van der Waals surface area contributed by atoms with Crippen LogP contribution in [0, 0.1) is 5.92 Å². The highest BCUT2D eigenvalue weighted by molar-refractivity contribution is 4.97. The van der Waals surface area contributed by atoms with E-state index < -0.39 is 0 Å². The van der Waals surface area contributed by atoms with Gasteiger partial charge in [0, 0.05) is 31.7 Å². The van der Waals surface area contributed by atoms with Gasteiger partial charge in [-0.15, -0.1) is 0 Å². The van der Waals surface area contributed by atoms with Crippen LogP contribution >= 0.6 is 0 Å². The largest absolute Gasteiger partial charge is 0.374 e. The van der Waals surface area contributed by atoms with E-state index in [4.69, 9.17) is 10.5 Å². The zero-order chi connectivity index (χ0) is 15.3. The highest BCUT2D eigenvalue weighted by Gasteiger charge is 2.39. The second kappa shape index (κ2) is 7.91. The number of likely N-dealkylation sites (N-methyl/N-ethyl adjacent to an activating group) is 1. The number of nitrogens with two attached hydrogens (primary N) is 1. The molecule has 0 radical (unpaired) electrons. The Morgan fingerprint density at radius 3 is 2.86 bits per heavy atom. The van der Waals surface area contributed by atoms with Crippen LogP contribution in [0.5, 0.6) is 0 Å². The molecule has 3 unspecified atom stereocenters. The Bertz CT molecular complexity index is 312. The summed E-state index contributed by atoms with van der Waals surface area (Å²) in [5.74, 6) is 0.802. The van der Waals surface area contributed by atoms with E-state index >= 15 is 0 Å². The average molecular weight is 297 g/mol. The number of morpholine rings is 1. The molecule has 0 aromatic rings. The molecule has 0 aromatic carbocycles. The van der Waals surface area contributed by atoms with Crippen molar-refractivity contribution in [3.63, 3.8) is 0 Å². The third-order valence-corrected chi connectivity index (χ3v) is 5.38. The van der Waals surface area contributed by atoms with Gasteiger partial charge in [-0.2, -0.15) is 0 Å². The van der Waals surface area contributed by atoms with E-state index in [0.29, 0.717) is 6.10 Å². The molecule has 1 saturated heterocycles. The monoisotopic (exact) mass is 297 g/mol. The Hall–Kier alpha value is -0.160. The van der Waals surface area contributed by atoms with Crippen molar-refractivity contribution < 1.29 is 4.74 Å². The van der Waals surface area contributed by atoms with E-state index in [1.807, 2.05) is 0 Å². The molecular formula is C17H35N3O. The van der Waals surface area contributed by atoms with Crippen LogP contribution in [0.1, 0.15) is 46.0 Å². The summed E-state index contributed by atoms with van der Waals surface area (Å²) in [4.78, 5) is 5.06. The van der Waals surface area contributed by atoms with Gasteiger partial charge in [0.05, 0.1) is 12.7 Å². The van der Waals surface area contributed by atoms with Crippen molar-refractivity contribution in [1.82, 2.24) is 9.80 Å². The van der Waals surface area contributed by atoms with Crippen molar-refractivity contribution in [2.45, 2.75) is 57.6 Å². The fourth-order valence-electron chi connectivity index (χ4n) is 4.25. The summed E-state index contributed by atoms with van der Waals surface area (Å²) in [5.41, 5.74) is 6.49. The summed E-state index contributed by atoms with van der Waals surface area (Å²) in [6, 6.07) is 0. The summed E-state index contributed by atoms with van der Waals surface area (Å²) < 4.78 is 6.01. The van der Waals surface area contributed by atoms with Crippen molar-refractivity contribution in [1.29, 1.82) is 0 Å². The number of rotatable bonds is 6. The van der Waals surface area contributed by atoms with Crippen molar-refractivity contribution in [3.8, 4) is 0 Å². The molecule has 4 heteroatoms. The van der Waals surface area contributed by atoms with Crippen LogP contribution < -0.4 is 5.73 Å². The van der Waals surface area contributed by atoms with Crippen molar-refractivity contribution in [2.24, 2.45) is 11.7 Å². The lowest BCUT2D eigenvalue weighted by Crippen LogP contribution is -2.59. The van der Waals surface area contributed by atoms with Gasteiger partial charge in [0.1, 0.15) is 0 Å². The third kappa shape index (κ3) is 4.41. The highest BCUT2D eigenvalue weighted by atomic mass is 16.5. The fourth-order valence-corrected chi connectivity index (χ4v) is 4.25. The third-order valence-electron chi connectivity index (χ3n) is 5.38. The topological polar surface area (TPSA) is 41.7 Å². The Labute approximate surface area is 131 Å². The van der Waals surface area contributed by atoms with Crippen LogP contribution in [0.2, 0.25) is 0 Å².